The minimum absolute atomic E-state index is 0.926. The van der Waals surface area contributed by atoms with Crippen LogP contribution in [0.5, 0.6) is 0 Å². The number of aryl methyl sites for hydroxylation is 1. The zero-order chi connectivity index (χ0) is 14.2. The first-order valence-electron chi connectivity index (χ1n) is 6.79. The Labute approximate surface area is 126 Å². The zero-order valence-corrected chi connectivity index (χ0v) is 12.4. The topological polar surface area (TPSA) is 46.5 Å². The van der Waals surface area contributed by atoms with Crippen molar-refractivity contribution in [3.63, 3.8) is 0 Å². The number of thiazole rings is 1. The van der Waals surface area contributed by atoms with E-state index in [1.165, 1.54) is 15.8 Å². The smallest absolute Gasteiger partial charge is 0.149 e. The Morgan fingerprint density at radius 1 is 1.24 bits per heavy atom. The summed E-state index contributed by atoms with van der Waals surface area (Å²) in [5.74, 6) is 0. The Morgan fingerprint density at radius 3 is 2.86 bits per heavy atom. The van der Waals surface area contributed by atoms with E-state index in [9.17, 15) is 0 Å². The predicted octanol–water partition coefficient (Wildman–Crippen LogP) is 3.62. The second-order valence-corrected chi connectivity index (χ2v) is 6.07. The van der Waals surface area contributed by atoms with Crippen LogP contribution in [0.3, 0.4) is 0 Å². The maximum absolute atomic E-state index is 4.67. The lowest BCUT2D eigenvalue weighted by atomic mass is 10.1. The summed E-state index contributed by atoms with van der Waals surface area (Å²) in [7, 11) is 1.92. The number of benzene rings is 1. The van der Waals surface area contributed by atoms with E-state index in [1.807, 2.05) is 25.5 Å². The quantitative estimate of drug-likeness (QED) is 0.627. The van der Waals surface area contributed by atoms with Crippen LogP contribution in [0.15, 0.2) is 48.9 Å². The molecule has 104 valence electrons. The van der Waals surface area contributed by atoms with Crippen LogP contribution in [0.4, 0.5) is 0 Å². The van der Waals surface area contributed by atoms with Gasteiger partial charge >= 0.3 is 0 Å². The first-order valence-corrected chi connectivity index (χ1v) is 7.61. The van der Waals surface area contributed by atoms with E-state index < -0.39 is 0 Å². The Kier molecular flexibility index (Phi) is 2.86. The molecule has 21 heavy (non-hydrogen) atoms. The van der Waals surface area contributed by atoms with Crippen molar-refractivity contribution >= 4 is 21.7 Å². The number of H-pyrrole nitrogens is 1. The average molecular weight is 294 g/mol. The fraction of sp³-hybridized carbons (Fsp3) is 0.125. The fourth-order valence-corrected chi connectivity index (χ4v) is 3.48. The summed E-state index contributed by atoms with van der Waals surface area (Å²) in [6.07, 6.45) is 6.84. The third kappa shape index (κ3) is 2.25. The van der Waals surface area contributed by atoms with Gasteiger partial charge in [0.15, 0.2) is 0 Å². The van der Waals surface area contributed by atoms with Gasteiger partial charge in [0, 0.05) is 31.4 Å². The monoisotopic (exact) mass is 294 g/mol. The van der Waals surface area contributed by atoms with Crippen molar-refractivity contribution in [3.8, 4) is 10.6 Å². The van der Waals surface area contributed by atoms with Crippen LogP contribution < -0.4 is 0 Å². The largest absolute Gasteiger partial charge is 0.345 e. The summed E-state index contributed by atoms with van der Waals surface area (Å²) < 4.78 is 3.04. The molecular formula is C16H14N4S. The lowest BCUT2D eigenvalue weighted by molar-refractivity contribution is 0.768. The van der Waals surface area contributed by atoms with E-state index in [0.717, 1.165) is 22.6 Å². The van der Waals surface area contributed by atoms with E-state index in [-0.39, 0.29) is 0 Å². The molecule has 4 nitrogen and oxygen atoms in total. The van der Waals surface area contributed by atoms with E-state index >= 15 is 0 Å². The molecule has 0 unspecified atom stereocenters. The number of aromatic nitrogens is 4. The molecule has 0 aliphatic carbocycles. The van der Waals surface area contributed by atoms with Gasteiger partial charge in [-0.15, -0.1) is 11.3 Å². The summed E-state index contributed by atoms with van der Waals surface area (Å²) in [5.41, 5.74) is 4.64. The van der Waals surface area contributed by atoms with Gasteiger partial charge in [0.25, 0.3) is 0 Å². The molecule has 4 aromatic rings. The molecule has 4 rings (SSSR count). The van der Waals surface area contributed by atoms with Gasteiger partial charge in [-0.2, -0.15) is 5.10 Å². The van der Waals surface area contributed by atoms with Gasteiger partial charge in [0.2, 0.25) is 0 Å². The Balaban J connectivity index is 1.73. The Bertz CT molecular complexity index is 885. The van der Waals surface area contributed by atoms with Gasteiger partial charge in [0.05, 0.1) is 10.9 Å². The molecule has 0 saturated carbocycles. The van der Waals surface area contributed by atoms with Crippen molar-refractivity contribution in [1.29, 1.82) is 0 Å². The van der Waals surface area contributed by atoms with Gasteiger partial charge < -0.3 is 4.98 Å². The second-order valence-electron chi connectivity index (χ2n) is 5.08. The van der Waals surface area contributed by atoms with Crippen LogP contribution >= 0.6 is 11.3 Å². The second kappa shape index (κ2) is 4.86. The fourth-order valence-electron chi connectivity index (χ4n) is 2.46. The number of hydrogen-bond donors (Lipinski definition) is 1. The van der Waals surface area contributed by atoms with Crippen molar-refractivity contribution in [3.05, 3.63) is 60.0 Å². The number of nitrogens with zero attached hydrogens (tertiary/aromatic N) is 3. The molecule has 3 heterocycles. The van der Waals surface area contributed by atoms with E-state index in [2.05, 4.69) is 45.5 Å². The van der Waals surface area contributed by atoms with Crippen LogP contribution in [0, 0.1) is 0 Å². The number of fused-ring (bicyclic) bond motifs is 1. The average Bonchev–Trinajstić information content (AvgIpc) is 3.17. The molecule has 0 fully saturated rings. The molecule has 0 amide bonds. The van der Waals surface area contributed by atoms with Crippen LogP contribution in [0.2, 0.25) is 0 Å². The molecule has 0 aliphatic heterocycles. The van der Waals surface area contributed by atoms with E-state index in [4.69, 9.17) is 0 Å². The highest BCUT2D eigenvalue weighted by atomic mass is 32.1. The first-order chi connectivity index (χ1) is 10.3. The van der Waals surface area contributed by atoms with E-state index in [1.54, 1.807) is 16.0 Å². The molecule has 5 heteroatoms. The first kappa shape index (κ1) is 12.3. The molecular weight excluding hydrogens is 280 g/mol. The molecule has 0 saturated heterocycles. The van der Waals surface area contributed by atoms with Crippen LogP contribution in [-0.4, -0.2) is 19.7 Å². The molecule has 0 aliphatic rings. The van der Waals surface area contributed by atoms with E-state index in [0.29, 0.717) is 0 Å². The van der Waals surface area contributed by atoms with Gasteiger partial charge in [-0.1, -0.05) is 30.3 Å². The van der Waals surface area contributed by atoms with Crippen molar-refractivity contribution in [2.75, 3.05) is 0 Å². The maximum Gasteiger partial charge on any atom is 0.149 e. The highest BCUT2D eigenvalue weighted by Gasteiger charge is 2.13. The maximum atomic E-state index is 4.67. The summed E-state index contributed by atoms with van der Waals surface area (Å²) in [5, 5.41) is 5.22. The Hall–Kier alpha value is -2.40. The molecule has 0 bridgehead atoms. The molecule has 0 spiro atoms. The van der Waals surface area contributed by atoms with Crippen molar-refractivity contribution < 1.29 is 0 Å². The number of rotatable bonds is 3. The van der Waals surface area contributed by atoms with Crippen molar-refractivity contribution in [2.45, 2.75) is 6.42 Å². The summed E-state index contributed by atoms with van der Waals surface area (Å²) in [6.45, 7) is 0. The number of nitrogens with one attached hydrogen (secondary N) is 1. The van der Waals surface area contributed by atoms with Gasteiger partial charge in [-0.3, -0.25) is 4.68 Å². The van der Waals surface area contributed by atoms with Crippen molar-refractivity contribution in [1.82, 2.24) is 19.7 Å². The molecule has 0 atom stereocenters. The lowest BCUT2D eigenvalue weighted by Crippen LogP contribution is -1.84. The Morgan fingerprint density at radius 2 is 2.10 bits per heavy atom. The minimum Gasteiger partial charge on any atom is -0.345 e. The van der Waals surface area contributed by atoms with Crippen LogP contribution in [-0.2, 0) is 13.5 Å². The third-order valence-electron chi connectivity index (χ3n) is 3.49. The van der Waals surface area contributed by atoms with Gasteiger partial charge in [-0.25, -0.2) is 4.98 Å². The molecule has 1 aromatic carbocycles. The highest BCUT2D eigenvalue weighted by Crippen LogP contribution is 2.32. The van der Waals surface area contributed by atoms with Crippen LogP contribution in [0.1, 0.15) is 11.1 Å². The minimum atomic E-state index is 0.926. The molecule has 3 aromatic heterocycles. The van der Waals surface area contributed by atoms with Crippen molar-refractivity contribution in [2.24, 2.45) is 7.05 Å². The highest BCUT2D eigenvalue weighted by molar-refractivity contribution is 7.21. The normalized spacial score (nSPS) is 11.3. The lowest BCUT2D eigenvalue weighted by Gasteiger charge is -1.97. The number of aromatic amines is 1. The third-order valence-corrected chi connectivity index (χ3v) is 4.67. The number of hydrogen-bond acceptors (Lipinski definition) is 3. The van der Waals surface area contributed by atoms with Gasteiger partial charge in [0.1, 0.15) is 10.7 Å². The zero-order valence-electron chi connectivity index (χ0n) is 11.6. The standard InChI is InChI=1S/C16H14N4S/c1-20-10-13(9-18-20)16-19-15-14(21-16)12(8-17-15)7-11-5-3-2-4-6-11/h2-6,8-10,17H,7H2,1H3. The van der Waals surface area contributed by atoms with Crippen LogP contribution in [0.25, 0.3) is 20.9 Å². The van der Waals surface area contributed by atoms with Gasteiger partial charge in [-0.05, 0) is 11.1 Å². The summed E-state index contributed by atoms with van der Waals surface area (Å²) >= 11 is 1.72. The predicted molar refractivity (Wildman–Crippen MR) is 85.4 cm³/mol. The SMILES string of the molecule is Cn1cc(-c2nc3[nH]cc(Cc4ccccc4)c3s2)cn1. The summed E-state index contributed by atoms with van der Waals surface area (Å²) in [4.78, 5) is 7.95. The molecule has 1 N–H and O–H groups in total. The molecule has 0 radical (unpaired) electrons. The summed E-state index contributed by atoms with van der Waals surface area (Å²) in [6, 6.07) is 10.5.